The van der Waals surface area contributed by atoms with Gasteiger partial charge in [0.25, 0.3) is 0 Å². The number of aryl methyl sites for hydroxylation is 3. The summed E-state index contributed by atoms with van der Waals surface area (Å²) in [6.07, 6.45) is 0. The molecule has 23 heavy (non-hydrogen) atoms. The van der Waals surface area contributed by atoms with Gasteiger partial charge in [0.05, 0.1) is 0 Å². The molecular formula is C18H21ClN2O2. The van der Waals surface area contributed by atoms with Crippen LogP contribution in [0.4, 0.5) is 10.5 Å². The van der Waals surface area contributed by atoms with Crippen LogP contribution in [0.3, 0.4) is 0 Å². The van der Waals surface area contributed by atoms with Crippen molar-refractivity contribution >= 4 is 23.3 Å². The third-order valence-corrected chi connectivity index (χ3v) is 4.01. The van der Waals surface area contributed by atoms with Gasteiger partial charge in [0.15, 0.2) is 6.73 Å². The average Bonchev–Trinajstić information content (AvgIpc) is 2.50. The fraction of sp³-hybridized carbons (Fsp3) is 0.278. The average molecular weight is 333 g/mol. The number of urea groups is 1. The Bertz CT molecular complexity index is 729. The molecule has 2 aromatic carbocycles. The first-order valence-corrected chi connectivity index (χ1v) is 7.77. The predicted octanol–water partition coefficient (Wildman–Crippen LogP) is 4.73. The van der Waals surface area contributed by atoms with E-state index < -0.39 is 0 Å². The van der Waals surface area contributed by atoms with Crippen LogP contribution in [0.5, 0.6) is 5.75 Å². The number of rotatable bonds is 4. The fourth-order valence-corrected chi connectivity index (χ4v) is 2.39. The van der Waals surface area contributed by atoms with E-state index in [2.05, 4.69) is 16.7 Å². The summed E-state index contributed by atoms with van der Waals surface area (Å²) in [5, 5.41) is 6.03. The van der Waals surface area contributed by atoms with E-state index in [1.807, 2.05) is 39.8 Å². The van der Waals surface area contributed by atoms with Crippen LogP contribution in [0.1, 0.15) is 22.3 Å². The molecule has 0 bridgehead atoms. The lowest BCUT2D eigenvalue weighted by atomic mass is 10.1. The van der Waals surface area contributed by atoms with Gasteiger partial charge >= 0.3 is 6.03 Å². The summed E-state index contributed by atoms with van der Waals surface area (Å²) in [5.41, 5.74) is 4.90. The molecule has 0 radical (unpaired) electrons. The van der Waals surface area contributed by atoms with Gasteiger partial charge in [-0.1, -0.05) is 29.8 Å². The minimum Gasteiger partial charge on any atom is -0.473 e. The van der Waals surface area contributed by atoms with Crippen molar-refractivity contribution in [1.29, 1.82) is 0 Å². The predicted molar refractivity (Wildman–Crippen MR) is 94.5 cm³/mol. The molecule has 0 spiro atoms. The molecule has 0 aliphatic heterocycles. The topological polar surface area (TPSA) is 50.4 Å². The Morgan fingerprint density at radius 2 is 1.70 bits per heavy atom. The molecule has 4 nitrogen and oxygen atoms in total. The maximum atomic E-state index is 12.0. The van der Waals surface area contributed by atoms with Gasteiger partial charge in [-0.05, 0) is 62.1 Å². The van der Waals surface area contributed by atoms with E-state index in [-0.39, 0.29) is 12.8 Å². The number of carbonyl (C=O) groups is 1. The monoisotopic (exact) mass is 332 g/mol. The van der Waals surface area contributed by atoms with Gasteiger partial charge in [-0.3, -0.25) is 0 Å². The standard InChI is InChI=1S/C18H21ClN2O2/c1-11-5-6-13(3)17(14(11)4)23-10-20-18(22)21-16-9-15(19)8-7-12(16)2/h5-9H,10H2,1-4H3,(H2,20,21,22). The molecule has 0 saturated heterocycles. The summed E-state index contributed by atoms with van der Waals surface area (Å²) in [5.74, 6) is 0.809. The lowest BCUT2D eigenvalue weighted by Crippen LogP contribution is -2.32. The van der Waals surface area contributed by atoms with Crippen molar-refractivity contribution in [3.05, 3.63) is 57.6 Å². The highest BCUT2D eigenvalue weighted by atomic mass is 35.5. The number of benzene rings is 2. The Kier molecular flexibility index (Phi) is 5.50. The summed E-state index contributed by atoms with van der Waals surface area (Å²) in [6.45, 7) is 8.02. The number of ether oxygens (including phenoxy) is 1. The molecule has 0 aliphatic carbocycles. The molecule has 0 unspecified atom stereocenters. The fourth-order valence-electron chi connectivity index (χ4n) is 2.22. The molecule has 0 heterocycles. The molecule has 0 atom stereocenters. The molecule has 2 rings (SSSR count). The third-order valence-electron chi connectivity index (χ3n) is 3.77. The molecule has 0 saturated carbocycles. The zero-order valence-electron chi connectivity index (χ0n) is 13.8. The quantitative estimate of drug-likeness (QED) is 0.795. The zero-order chi connectivity index (χ0) is 17.0. The van der Waals surface area contributed by atoms with Crippen LogP contribution in [0, 0.1) is 27.7 Å². The first kappa shape index (κ1) is 17.2. The van der Waals surface area contributed by atoms with Crippen molar-refractivity contribution in [3.8, 4) is 5.75 Å². The van der Waals surface area contributed by atoms with Crippen molar-refractivity contribution in [1.82, 2.24) is 5.32 Å². The van der Waals surface area contributed by atoms with Crippen LogP contribution in [-0.2, 0) is 0 Å². The minimum atomic E-state index is -0.335. The summed E-state index contributed by atoms with van der Waals surface area (Å²) in [4.78, 5) is 12.0. The van der Waals surface area contributed by atoms with E-state index in [1.54, 1.807) is 12.1 Å². The lowest BCUT2D eigenvalue weighted by molar-refractivity contribution is 0.234. The number of anilines is 1. The van der Waals surface area contributed by atoms with Crippen molar-refractivity contribution in [3.63, 3.8) is 0 Å². The van der Waals surface area contributed by atoms with Gasteiger partial charge in [-0.15, -0.1) is 0 Å². The van der Waals surface area contributed by atoms with E-state index in [0.717, 1.165) is 28.0 Å². The van der Waals surface area contributed by atoms with E-state index in [0.29, 0.717) is 10.7 Å². The van der Waals surface area contributed by atoms with E-state index >= 15 is 0 Å². The van der Waals surface area contributed by atoms with Crippen LogP contribution in [-0.4, -0.2) is 12.8 Å². The van der Waals surface area contributed by atoms with Crippen molar-refractivity contribution in [2.45, 2.75) is 27.7 Å². The molecule has 2 aromatic rings. The highest BCUT2D eigenvalue weighted by Gasteiger charge is 2.08. The van der Waals surface area contributed by atoms with Gasteiger partial charge in [-0.2, -0.15) is 0 Å². The summed E-state index contributed by atoms with van der Waals surface area (Å²) in [7, 11) is 0. The Morgan fingerprint density at radius 1 is 1.04 bits per heavy atom. The molecule has 5 heteroatoms. The first-order chi connectivity index (χ1) is 10.9. The van der Waals surface area contributed by atoms with Crippen molar-refractivity contribution in [2.75, 3.05) is 12.0 Å². The van der Waals surface area contributed by atoms with E-state index in [4.69, 9.17) is 16.3 Å². The molecule has 2 amide bonds. The zero-order valence-corrected chi connectivity index (χ0v) is 14.5. The number of amides is 2. The van der Waals surface area contributed by atoms with Gasteiger partial charge < -0.3 is 15.4 Å². The molecule has 0 aromatic heterocycles. The van der Waals surface area contributed by atoms with Crippen LogP contribution in [0.25, 0.3) is 0 Å². The number of halogens is 1. The number of hydrogen-bond donors (Lipinski definition) is 2. The van der Waals surface area contributed by atoms with Crippen LogP contribution in [0.15, 0.2) is 30.3 Å². The van der Waals surface area contributed by atoms with Crippen LogP contribution < -0.4 is 15.4 Å². The van der Waals surface area contributed by atoms with Crippen LogP contribution >= 0.6 is 11.6 Å². The maximum absolute atomic E-state index is 12.0. The summed E-state index contributed by atoms with van der Waals surface area (Å²) in [6, 6.07) is 9.08. The molecule has 122 valence electrons. The second kappa shape index (κ2) is 7.38. The number of carbonyl (C=O) groups excluding carboxylic acids is 1. The van der Waals surface area contributed by atoms with Gasteiger partial charge in [0.1, 0.15) is 5.75 Å². The van der Waals surface area contributed by atoms with E-state index in [9.17, 15) is 4.79 Å². The summed E-state index contributed by atoms with van der Waals surface area (Å²) >= 11 is 5.94. The molecular weight excluding hydrogens is 312 g/mol. The van der Waals surface area contributed by atoms with Gasteiger partial charge in [-0.25, -0.2) is 4.79 Å². The Hall–Kier alpha value is -2.20. The highest BCUT2D eigenvalue weighted by molar-refractivity contribution is 6.31. The normalized spacial score (nSPS) is 10.3. The molecule has 0 fully saturated rings. The summed E-state index contributed by atoms with van der Waals surface area (Å²) < 4.78 is 5.71. The van der Waals surface area contributed by atoms with Crippen molar-refractivity contribution < 1.29 is 9.53 Å². The SMILES string of the molecule is Cc1ccc(Cl)cc1NC(=O)NCOc1c(C)ccc(C)c1C. The molecule has 0 aliphatic rings. The Labute approximate surface area is 141 Å². The number of hydrogen-bond acceptors (Lipinski definition) is 2. The second-order valence-electron chi connectivity index (χ2n) is 5.53. The minimum absolute atomic E-state index is 0.0938. The molecule has 2 N–H and O–H groups in total. The highest BCUT2D eigenvalue weighted by Crippen LogP contribution is 2.25. The van der Waals surface area contributed by atoms with Crippen molar-refractivity contribution in [2.24, 2.45) is 0 Å². The second-order valence-corrected chi connectivity index (χ2v) is 5.97. The van der Waals surface area contributed by atoms with Gasteiger partial charge in [0, 0.05) is 10.7 Å². The van der Waals surface area contributed by atoms with Gasteiger partial charge in [0.2, 0.25) is 0 Å². The smallest absolute Gasteiger partial charge is 0.321 e. The van der Waals surface area contributed by atoms with Crippen LogP contribution in [0.2, 0.25) is 5.02 Å². The van der Waals surface area contributed by atoms with E-state index in [1.165, 1.54) is 0 Å². The maximum Gasteiger partial charge on any atom is 0.321 e. The Balaban J connectivity index is 1.93. The first-order valence-electron chi connectivity index (χ1n) is 7.39. The number of nitrogens with one attached hydrogen (secondary N) is 2. The Morgan fingerprint density at radius 3 is 2.43 bits per heavy atom. The lowest BCUT2D eigenvalue weighted by Gasteiger charge is -2.15. The largest absolute Gasteiger partial charge is 0.473 e. The third kappa shape index (κ3) is 4.39.